The van der Waals surface area contributed by atoms with Gasteiger partial charge in [-0.25, -0.2) is 4.98 Å². The van der Waals surface area contributed by atoms with Gasteiger partial charge in [0.15, 0.2) is 0 Å². The van der Waals surface area contributed by atoms with E-state index in [0.29, 0.717) is 18.5 Å². The number of furan rings is 1. The number of aromatic nitrogens is 2. The molecule has 5 heteroatoms. The molecule has 0 bridgehead atoms. The molecule has 0 radical (unpaired) electrons. The molecule has 0 saturated carbocycles. The van der Waals surface area contributed by atoms with Gasteiger partial charge in [-0.05, 0) is 37.1 Å². The third kappa shape index (κ3) is 3.26. The van der Waals surface area contributed by atoms with Crippen LogP contribution in [0.3, 0.4) is 0 Å². The summed E-state index contributed by atoms with van der Waals surface area (Å²) in [4.78, 5) is 17.7. The molecule has 1 atom stereocenters. The molecule has 3 aromatic rings. The third-order valence-electron chi connectivity index (χ3n) is 4.16. The lowest BCUT2D eigenvalue weighted by atomic mass is 10.1. The molecule has 2 heterocycles. The molecule has 5 nitrogen and oxygen atoms in total. The van der Waals surface area contributed by atoms with Crippen LogP contribution in [0, 0.1) is 0 Å². The highest BCUT2D eigenvalue weighted by Crippen LogP contribution is 2.18. The minimum Gasteiger partial charge on any atom is -0.468 e. The second-order valence-corrected chi connectivity index (χ2v) is 5.87. The normalized spacial score (nSPS) is 12.6. The number of hydrogen-bond acceptors (Lipinski definition) is 4. The van der Waals surface area contributed by atoms with Crippen molar-refractivity contribution in [2.24, 2.45) is 0 Å². The van der Waals surface area contributed by atoms with Crippen molar-refractivity contribution in [2.75, 3.05) is 0 Å². The molecule has 2 aromatic heterocycles. The van der Waals surface area contributed by atoms with E-state index in [4.69, 9.17) is 9.40 Å². The van der Waals surface area contributed by atoms with Crippen LogP contribution in [0.15, 0.2) is 51.9 Å². The summed E-state index contributed by atoms with van der Waals surface area (Å²) in [5, 5.41) is 4.14. The summed E-state index contributed by atoms with van der Waals surface area (Å²) >= 11 is 0. The molecular formula is C19H23N3O2. The zero-order chi connectivity index (χ0) is 16.9. The summed E-state index contributed by atoms with van der Waals surface area (Å²) in [5.74, 6) is 1.67. The van der Waals surface area contributed by atoms with E-state index in [0.717, 1.165) is 29.9 Å². The van der Waals surface area contributed by atoms with Crippen molar-refractivity contribution in [3.8, 4) is 0 Å². The van der Waals surface area contributed by atoms with Gasteiger partial charge in [0.25, 0.3) is 5.56 Å². The maximum absolute atomic E-state index is 12.9. The number of nitrogens with zero attached hydrogens (tertiary/aromatic N) is 2. The van der Waals surface area contributed by atoms with E-state index in [1.807, 2.05) is 41.0 Å². The Morgan fingerprint density at radius 2 is 2.04 bits per heavy atom. The van der Waals surface area contributed by atoms with Crippen molar-refractivity contribution in [1.82, 2.24) is 14.9 Å². The maximum Gasteiger partial charge on any atom is 0.261 e. The summed E-state index contributed by atoms with van der Waals surface area (Å²) in [6.07, 6.45) is 3.40. The van der Waals surface area contributed by atoms with Crippen molar-refractivity contribution in [3.63, 3.8) is 0 Å². The molecular weight excluding hydrogens is 302 g/mol. The van der Waals surface area contributed by atoms with Gasteiger partial charge in [0.1, 0.15) is 11.6 Å². The number of para-hydroxylation sites is 1. The monoisotopic (exact) mass is 325 g/mol. The summed E-state index contributed by atoms with van der Waals surface area (Å²) < 4.78 is 7.20. The lowest BCUT2D eigenvalue weighted by Crippen LogP contribution is -2.32. The number of nitrogens with one attached hydrogen (secondary N) is 1. The van der Waals surface area contributed by atoms with E-state index in [9.17, 15) is 4.79 Å². The molecule has 0 amide bonds. The van der Waals surface area contributed by atoms with Gasteiger partial charge in [-0.3, -0.25) is 9.36 Å². The Morgan fingerprint density at radius 3 is 2.75 bits per heavy atom. The van der Waals surface area contributed by atoms with E-state index < -0.39 is 0 Å². The Kier molecular flexibility index (Phi) is 5.11. The van der Waals surface area contributed by atoms with Crippen LogP contribution < -0.4 is 10.9 Å². The zero-order valence-corrected chi connectivity index (χ0v) is 14.2. The van der Waals surface area contributed by atoms with Gasteiger partial charge in [-0.2, -0.15) is 0 Å². The maximum atomic E-state index is 12.9. The first-order chi connectivity index (χ1) is 11.7. The molecule has 0 aliphatic heterocycles. The Bertz CT molecular complexity index is 853. The summed E-state index contributed by atoms with van der Waals surface area (Å²) in [7, 11) is 0. The lowest BCUT2D eigenvalue weighted by Gasteiger charge is -2.21. The first-order valence-electron chi connectivity index (χ1n) is 8.49. The molecule has 0 spiro atoms. The Balaban J connectivity index is 2.01. The van der Waals surface area contributed by atoms with E-state index >= 15 is 0 Å². The van der Waals surface area contributed by atoms with Crippen LogP contribution in [0.25, 0.3) is 10.9 Å². The van der Waals surface area contributed by atoms with E-state index in [1.54, 1.807) is 6.26 Å². The van der Waals surface area contributed by atoms with Gasteiger partial charge in [-0.1, -0.05) is 26.0 Å². The fourth-order valence-electron chi connectivity index (χ4n) is 2.95. The Labute approximate surface area is 141 Å². The smallest absolute Gasteiger partial charge is 0.261 e. The molecule has 0 aliphatic carbocycles. The first-order valence-corrected chi connectivity index (χ1v) is 8.49. The average molecular weight is 325 g/mol. The molecule has 0 unspecified atom stereocenters. The third-order valence-corrected chi connectivity index (χ3v) is 4.16. The van der Waals surface area contributed by atoms with Crippen molar-refractivity contribution in [3.05, 3.63) is 64.6 Å². The fraction of sp³-hybridized carbons (Fsp3) is 0.368. The SMILES string of the molecule is CCCn1c([C@@H](CC)NCc2ccco2)nc2ccccc2c1=O. The number of rotatable bonds is 7. The quantitative estimate of drug-likeness (QED) is 0.720. The minimum absolute atomic E-state index is 0.000967. The van der Waals surface area contributed by atoms with Crippen LogP contribution in [-0.4, -0.2) is 9.55 Å². The number of hydrogen-bond donors (Lipinski definition) is 1. The van der Waals surface area contributed by atoms with Gasteiger partial charge in [0, 0.05) is 6.54 Å². The van der Waals surface area contributed by atoms with Crippen molar-refractivity contribution in [2.45, 2.75) is 45.8 Å². The molecule has 3 rings (SSSR count). The van der Waals surface area contributed by atoms with Crippen molar-refractivity contribution in [1.29, 1.82) is 0 Å². The van der Waals surface area contributed by atoms with Gasteiger partial charge >= 0.3 is 0 Å². The average Bonchev–Trinajstić information content (AvgIpc) is 3.12. The summed E-state index contributed by atoms with van der Waals surface area (Å²) in [5.41, 5.74) is 0.791. The minimum atomic E-state index is -0.000967. The predicted octanol–water partition coefficient (Wildman–Crippen LogP) is 3.64. The molecule has 0 saturated heterocycles. The molecule has 24 heavy (non-hydrogen) atoms. The van der Waals surface area contributed by atoms with Crippen molar-refractivity contribution >= 4 is 10.9 Å². The molecule has 1 N–H and O–H groups in total. The number of benzene rings is 1. The summed E-state index contributed by atoms with van der Waals surface area (Å²) in [6.45, 7) is 5.45. The highest BCUT2D eigenvalue weighted by Gasteiger charge is 2.18. The second-order valence-electron chi connectivity index (χ2n) is 5.87. The zero-order valence-electron chi connectivity index (χ0n) is 14.2. The van der Waals surface area contributed by atoms with E-state index in [-0.39, 0.29) is 11.6 Å². The lowest BCUT2D eigenvalue weighted by molar-refractivity contribution is 0.417. The van der Waals surface area contributed by atoms with Crippen LogP contribution in [0.5, 0.6) is 0 Å². The van der Waals surface area contributed by atoms with Crippen LogP contribution in [0.4, 0.5) is 0 Å². The molecule has 1 aromatic carbocycles. The number of fused-ring (bicyclic) bond motifs is 1. The fourth-order valence-corrected chi connectivity index (χ4v) is 2.95. The highest BCUT2D eigenvalue weighted by atomic mass is 16.3. The first kappa shape index (κ1) is 16.5. The van der Waals surface area contributed by atoms with Crippen molar-refractivity contribution < 1.29 is 4.42 Å². The van der Waals surface area contributed by atoms with Crippen LogP contribution in [-0.2, 0) is 13.1 Å². The highest BCUT2D eigenvalue weighted by molar-refractivity contribution is 5.77. The molecule has 0 aliphatic rings. The van der Waals surface area contributed by atoms with Gasteiger partial charge in [0.2, 0.25) is 0 Å². The van der Waals surface area contributed by atoms with E-state index in [1.165, 1.54) is 0 Å². The summed E-state index contributed by atoms with van der Waals surface area (Å²) in [6, 6.07) is 11.4. The van der Waals surface area contributed by atoms with Crippen LogP contribution >= 0.6 is 0 Å². The van der Waals surface area contributed by atoms with Crippen LogP contribution in [0.2, 0.25) is 0 Å². The van der Waals surface area contributed by atoms with Gasteiger partial charge in [-0.15, -0.1) is 0 Å². The Hall–Kier alpha value is -2.40. The van der Waals surface area contributed by atoms with Gasteiger partial charge in [0.05, 0.1) is 29.8 Å². The molecule has 126 valence electrons. The predicted molar refractivity (Wildman–Crippen MR) is 94.9 cm³/mol. The van der Waals surface area contributed by atoms with E-state index in [2.05, 4.69) is 19.2 Å². The van der Waals surface area contributed by atoms with Crippen LogP contribution in [0.1, 0.15) is 44.3 Å². The standard InChI is InChI=1S/C19H23N3O2/c1-3-11-22-18(16(4-2)20-13-14-8-7-12-24-14)21-17-10-6-5-9-15(17)19(22)23/h5-10,12,16,20H,3-4,11,13H2,1-2H3/t16-/m1/s1. The topological polar surface area (TPSA) is 60.1 Å². The second kappa shape index (κ2) is 7.45. The largest absolute Gasteiger partial charge is 0.468 e. The molecule has 0 fully saturated rings. The Morgan fingerprint density at radius 1 is 1.21 bits per heavy atom. The van der Waals surface area contributed by atoms with Gasteiger partial charge < -0.3 is 9.73 Å².